The first-order valence-corrected chi connectivity index (χ1v) is 8.80. The van der Waals surface area contributed by atoms with E-state index in [0.29, 0.717) is 29.6 Å². The molecule has 132 valence electrons. The van der Waals surface area contributed by atoms with Crippen LogP contribution in [-0.2, 0) is 4.79 Å². The average molecular weight is 407 g/mol. The number of halogens is 1. The van der Waals surface area contributed by atoms with Gasteiger partial charge in [0.05, 0.1) is 12.2 Å². The zero-order valence-electron chi connectivity index (χ0n) is 14.0. The van der Waals surface area contributed by atoms with E-state index in [-0.39, 0.29) is 0 Å². The number of nitrogens with one attached hydrogen (secondary N) is 1. The van der Waals surface area contributed by atoms with Crippen LogP contribution >= 0.6 is 15.9 Å². The van der Waals surface area contributed by atoms with Crippen molar-refractivity contribution in [2.24, 2.45) is 5.73 Å². The molecule has 1 aromatic carbocycles. The van der Waals surface area contributed by atoms with Gasteiger partial charge in [0.1, 0.15) is 11.8 Å². The molecule has 0 bridgehead atoms. The molecule has 0 aliphatic carbocycles. The molecule has 1 aliphatic rings. The van der Waals surface area contributed by atoms with Crippen molar-refractivity contribution in [3.8, 4) is 5.75 Å². The van der Waals surface area contributed by atoms with Crippen molar-refractivity contribution in [1.29, 1.82) is 0 Å². The van der Waals surface area contributed by atoms with E-state index in [9.17, 15) is 4.79 Å². The van der Waals surface area contributed by atoms with Gasteiger partial charge in [0.2, 0.25) is 11.9 Å². The molecule has 0 fully saturated rings. The maximum absolute atomic E-state index is 12.1. The van der Waals surface area contributed by atoms with Crippen molar-refractivity contribution in [3.63, 3.8) is 0 Å². The minimum Gasteiger partial charge on any atom is -0.493 e. The van der Waals surface area contributed by atoms with Crippen LogP contribution in [0.25, 0.3) is 0 Å². The van der Waals surface area contributed by atoms with Gasteiger partial charge in [-0.05, 0) is 42.0 Å². The molecule has 3 N–H and O–H groups in total. The van der Waals surface area contributed by atoms with Gasteiger partial charge in [0, 0.05) is 15.7 Å². The first-order valence-electron chi connectivity index (χ1n) is 8.00. The lowest BCUT2D eigenvalue weighted by Crippen LogP contribution is -2.32. The number of hydrogen-bond donors (Lipinski definition) is 2. The van der Waals surface area contributed by atoms with Gasteiger partial charge < -0.3 is 15.8 Å². The quantitative estimate of drug-likeness (QED) is 0.712. The summed E-state index contributed by atoms with van der Waals surface area (Å²) in [7, 11) is 0. The Labute approximate surface area is 153 Å². The summed E-state index contributed by atoms with van der Waals surface area (Å²) in [5.74, 6) is 0.596. The van der Waals surface area contributed by atoms with Crippen LogP contribution in [0.4, 0.5) is 5.95 Å². The summed E-state index contributed by atoms with van der Waals surface area (Å²) in [6.07, 6.45) is 1.97. The first-order chi connectivity index (χ1) is 12.0. The van der Waals surface area contributed by atoms with Crippen LogP contribution in [0, 0.1) is 0 Å². The van der Waals surface area contributed by atoms with Crippen LogP contribution in [0.1, 0.15) is 38.3 Å². The predicted molar refractivity (Wildman–Crippen MR) is 96.0 cm³/mol. The second-order valence-electron chi connectivity index (χ2n) is 5.76. The summed E-state index contributed by atoms with van der Waals surface area (Å²) in [5.41, 5.74) is 7.45. The smallest absolute Gasteiger partial charge is 0.248 e. The zero-order chi connectivity index (χ0) is 18.0. The molecular formula is C16H19BrN6O2. The number of nitrogens with zero attached hydrogens (tertiary/aromatic N) is 4. The molecule has 9 heteroatoms. The van der Waals surface area contributed by atoms with Crippen molar-refractivity contribution in [3.05, 3.63) is 39.5 Å². The SMILES string of the molecule is CCCCOc1ccc(Br)cc1C1C(C(N)=O)=C(C)Nc2nnnn21. The Balaban J connectivity index is 2.13. The Morgan fingerprint density at radius 2 is 2.28 bits per heavy atom. The Morgan fingerprint density at radius 1 is 1.48 bits per heavy atom. The fraction of sp³-hybridized carbons (Fsp3) is 0.375. The first kappa shape index (κ1) is 17.4. The van der Waals surface area contributed by atoms with Gasteiger partial charge in [-0.1, -0.05) is 34.4 Å². The van der Waals surface area contributed by atoms with Crippen LogP contribution < -0.4 is 15.8 Å². The topological polar surface area (TPSA) is 108 Å². The summed E-state index contributed by atoms with van der Waals surface area (Å²) in [4.78, 5) is 12.1. The monoisotopic (exact) mass is 406 g/mol. The third kappa shape index (κ3) is 3.37. The Morgan fingerprint density at radius 3 is 3.00 bits per heavy atom. The third-order valence-corrected chi connectivity index (χ3v) is 4.49. The molecule has 3 rings (SSSR count). The molecule has 25 heavy (non-hydrogen) atoms. The van der Waals surface area contributed by atoms with E-state index in [0.717, 1.165) is 22.9 Å². The van der Waals surface area contributed by atoms with Crippen molar-refractivity contribution in [2.45, 2.75) is 32.7 Å². The van der Waals surface area contributed by atoms with Gasteiger partial charge in [-0.15, -0.1) is 0 Å². The largest absolute Gasteiger partial charge is 0.493 e. The van der Waals surface area contributed by atoms with Crippen LogP contribution in [-0.4, -0.2) is 32.7 Å². The highest BCUT2D eigenvalue weighted by Crippen LogP contribution is 2.39. The minimum atomic E-state index is -0.558. The Bertz CT molecular complexity index is 832. The van der Waals surface area contributed by atoms with E-state index in [1.165, 1.54) is 0 Å². The molecule has 0 radical (unpaired) electrons. The number of allylic oxidation sites excluding steroid dienone is 1. The number of unbranched alkanes of at least 4 members (excludes halogenated alkanes) is 1. The summed E-state index contributed by atoms with van der Waals surface area (Å²) >= 11 is 3.48. The van der Waals surface area contributed by atoms with E-state index in [1.807, 2.05) is 18.2 Å². The molecule has 0 spiro atoms. The third-order valence-electron chi connectivity index (χ3n) is 4.00. The lowest BCUT2D eigenvalue weighted by Gasteiger charge is -2.28. The predicted octanol–water partition coefficient (Wildman–Crippen LogP) is 2.39. The number of fused-ring (bicyclic) bond motifs is 1. The van der Waals surface area contributed by atoms with Gasteiger partial charge >= 0.3 is 0 Å². The number of aromatic nitrogens is 4. The van der Waals surface area contributed by atoms with Gasteiger partial charge in [-0.2, -0.15) is 4.68 Å². The molecule has 8 nitrogen and oxygen atoms in total. The zero-order valence-corrected chi connectivity index (χ0v) is 15.6. The number of benzene rings is 1. The Kier molecular flexibility index (Phi) is 5.03. The summed E-state index contributed by atoms with van der Waals surface area (Å²) in [6, 6.07) is 5.11. The number of rotatable bonds is 6. The number of nitrogens with two attached hydrogens (primary N) is 1. The van der Waals surface area contributed by atoms with Crippen molar-refractivity contribution in [1.82, 2.24) is 20.2 Å². The lowest BCUT2D eigenvalue weighted by atomic mass is 9.94. The van der Waals surface area contributed by atoms with Gasteiger partial charge in [0.25, 0.3) is 0 Å². The molecule has 0 saturated carbocycles. The number of hydrogen-bond acceptors (Lipinski definition) is 6. The maximum Gasteiger partial charge on any atom is 0.248 e. The van der Waals surface area contributed by atoms with Crippen LogP contribution in [0.3, 0.4) is 0 Å². The summed E-state index contributed by atoms with van der Waals surface area (Å²) < 4.78 is 8.35. The number of carbonyl (C=O) groups is 1. The number of carbonyl (C=O) groups excluding carboxylic acids is 1. The summed E-state index contributed by atoms with van der Waals surface area (Å²) in [6.45, 7) is 4.47. The average Bonchev–Trinajstić information content (AvgIpc) is 3.02. The van der Waals surface area contributed by atoms with Crippen molar-refractivity contribution >= 4 is 27.8 Å². The second-order valence-corrected chi connectivity index (χ2v) is 6.68. The molecule has 0 saturated heterocycles. The summed E-state index contributed by atoms with van der Waals surface area (Å²) in [5, 5.41) is 14.7. The number of primary amides is 1. The molecule has 1 aliphatic heterocycles. The highest BCUT2D eigenvalue weighted by Gasteiger charge is 2.34. The molecule has 1 aromatic heterocycles. The standard InChI is InChI=1S/C16H19BrN6O2/c1-3-4-7-25-12-6-5-10(17)8-11(12)14-13(15(18)24)9(2)19-16-20-21-22-23(14)16/h5-6,8,14H,3-4,7H2,1-2H3,(H2,18,24)(H,19,20,22). The number of tetrazole rings is 1. The molecule has 1 unspecified atom stereocenters. The van der Waals surface area contributed by atoms with E-state index in [2.05, 4.69) is 43.7 Å². The van der Waals surface area contributed by atoms with Crippen LogP contribution in [0.5, 0.6) is 5.75 Å². The molecule has 2 aromatic rings. The molecule has 1 amide bonds. The highest BCUT2D eigenvalue weighted by atomic mass is 79.9. The Hall–Kier alpha value is -2.42. The van der Waals surface area contributed by atoms with E-state index in [4.69, 9.17) is 10.5 Å². The van der Waals surface area contributed by atoms with Crippen molar-refractivity contribution in [2.75, 3.05) is 11.9 Å². The van der Waals surface area contributed by atoms with Gasteiger partial charge in [0.15, 0.2) is 0 Å². The van der Waals surface area contributed by atoms with E-state index < -0.39 is 11.9 Å². The normalized spacial score (nSPS) is 16.4. The van der Waals surface area contributed by atoms with Gasteiger partial charge in [-0.25, -0.2) is 0 Å². The molecular weight excluding hydrogens is 388 g/mol. The second kappa shape index (κ2) is 7.22. The highest BCUT2D eigenvalue weighted by molar-refractivity contribution is 9.10. The minimum absolute atomic E-state index is 0.401. The van der Waals surface area contributed by atoms with E-state index in [1.54, 1.807) is 11.6 Å². The number of anilines is 1. The van der Waals surface area contributed by atoms with Crippen molar-refractivity contribution < 1.29 is 9.53 Å². The molecule has 1 atom stereocenters. The van der Waals surface area contributed by atoms with Crippen LogP contribution in [0.15, 0.2) is 33.9 Å². The van der Waals surface area contributed by atoms with E-state index >= 15 is 0 Å². The fourth-order valence-corrected chi connectivity index (χ4v) is 3.19. The number of amides is 1. The number of ether oxygens (including phenoxy) is 1. The maximum atomic E-state index is 12.1. The van der Waals surface area contributed by atoms with Gasteiger partial charge in [-0.3, -0.25) is 4.79 Å². The van der Waals surface area contributed by atoms with Crippen LogP contribution in [0.2, 0.25) is 0 Å². The lowest BCUT2D eigenvalue weighted by molar-refractivity contribution is -0.115. The fourth-order valence-electron chi connectivity index (χ4n) is 2.81. The molecule has 2 heterocycles.